The molecule has 0 saturated heterocycles. The third-order valence-corrected chi connectivity index (χ3v) is 9.50. The van der Waals surface area contributed by atoms with Gasteiger partial charge in [-0.2, -0.15) is 0 Å². The van der Waals surface area contributed by atoms with E-state index >= 15 is 0 Å². The topological polar surface area (TPSA) is 51.8 Å². The van der Waals surface area contributed by atoms with E-state index in [2.05, 4.69) is 127 Å². The Bertz CT molecular complexity index is 2870. The fourth-order valence-corrected chi connectivity index (χ4v) is 7.23. The SMILES string of the molecule is c1ccc(-c2cccc(-c3nc(-c4cc5ccccc5c5c4ccc4ccccc45)nc(-c4cccc5oc6ccccc6c45)n3)c2)cc1. The highest BCUT2D eigenvalue weighted by Crippen LogP contribution is 2.40. The molecule has 0 aliphatic carbocycles. The monoisotopic (exact) mass is 625 g/mol. The van der Waals surface area contributed by atoms with Crippen molar-refractivity contribution in [3.63, 3.8) is 0 Å². The van der Waals surface area contributed by atoms with E-state index in [0.29, 0.717) is 17.5 Å². The van der Waals surface area contributed by atoms with Gasteiger partial charge in [-0.05, 0) is 67.7 Å². The number of furan rings is 1. The predicted molar refractivity (Wildman–Crippen MR) is 201 cm³/mol. The van der Waals surface area contributed by atoms with E-state index in [4.69, 9.17) is 19.4 Å². The molecule has 228 valence electrons. The van der Waals surface area contributed by atoms with Gasteiger partial charge >= 0.3 is 0 Å². The molecule has 2 heterocycles. The molecule has 0 amide bonds. The van der Waals surface area contributed by atoms with Gasteiger partial charge in [-0.1, -0.05) is 140 Å². The van der Waals surface area contributed by atoms with E-state index in [1.54, 1.807) is 0 Å². The molecule has 49 heavy (non-hydrogen) atoms. The highest BCUT2D eigenvalue weighted by Gasteiger charge is 2.20. The van der Waals surface area contributed by atoms with Crippen molar-refractivity contribution in [2.24, 2.45) is 0 Å². The summed E-state index contributed by atoms with van der Waals surface area (Å²) >= 11 is 0. The van der Waals surface area contributed by atoms with E-state index in [0.717, 1.165) is 60.5 Å². The zero-order valence-corrected chi connectivity index (χ0v) is 26.3. The Labute approximate surface area is 282 Å². The third-order valence-electron chi connectivity index (χ3n) is 9.50. The first kappa shape index (κ1) is 27.5. The first-order valence-electron chi connectivity index (χ1n) is 16.4. The largest absolute Gasteiger partial charge is 0.456 e. The minimum absolute atomic E-state index is 0.601. The number of hydrogen-bond donors (Lipinski definition) is 0. The van der Waals surface area contributed by atoms with E-state index in [1.165, 1.54) is 21.5 Å². The van der Waals surface area contributed by atoms with Gasteiger partial charge in [-0.25, -0.2) is 15.0 Å². The van der Waals surface area contributed by atoms with Crippen LogP contribution in [0.5, 0.6) is 0 Å². The Kier molecular flexibility index (Phi) is 6.15. The molecule has 0 aliphatic heterocycles. The van der Waals surface area contributed by atoms with E-state index in [-0.39, 0.29) is 0 Å². The number of hydrogen-bond acceptors (Lipinski definition) is 4. The van der Waals surface area contributed by atoms with Crippen LogP contribution in [0.25, 0.3) is 99.5 Å². The third kappa shape index (κ3) is 4.49. The van der Waals surface area contributed by atoms with Crippen LogP contribution in [0.3, 0.4) is 0 Å². The minimum Gasteiger partial charge on any atom is -0.456 e. The van der Waals surface area contributed by atoms with Crippen LogP contribution in [0.15, 0.2) is 168 Å². The molecule has 10 rings (SSSR count). The van der Waals surface area contributed by atoms with Crippen molar-refractivity contribution in [1.29, 1.82) is 0 Å². The van der Waals surface area contributed by atoms with Crippen LogP contribution in [-0.4, -0.2) is 15.0 Å². The number of rotatable bonds is 4. The summed E-state index contributed by atoms with van der Waals surface area (Å²) in [7, 11) is 0. The Morgan fingerprint density at radius 1 is 0.327 bits per heavy atom. The van der Waals surface area contributed by atoms with Crippen LogP contribution >= 0.6 is 0 Å². The summed E-state index contributed by atoms with van der Waals surface area (Å²) in [5.74, 6) is 1.84. The maximum Gasteiger partial charge on any atom is 0.164 e. The molecule has 0 saturated carbocycles. The summed E-state index contributed by atoms with van der Waals surface area (Å²) in [6.07, 6.45) is 0. The first-order chi connectivity index (χ1) is 24.3. The Hall–Kier alpha value is -6.65. The van der Waals surface area contributed by atoms with Gasteiger partial charge in [0.25, 0.3) is 0 Å². The first-order valence-corrected chi connectivity index (χ1v) is 16.4. The van der Waals surface area contributed by atoms with Gasteiger partial charge in [0.15, 0.2) is 17.5 Å². The summed E-state index contributed by atoms with van der Waals surface area (Å²) in [5.41, 5.74) is 6.67. The standard InChI is InChI=1S/C45H27N3O/c1-2-12-28(13-3-1)30-16-10-17-32(26-30)43-46-44(37-21-11-23-40-42(37)36-20-8-9-22-39(36)49-40)48-45(47-43)38-27-31-15-5-7-19-34(31)41-33-18-6-4-14-29(33)24-25-35(38)41/h1-27H. The van der Waals surface area contributed by atoms with Crippen LogP contribution in [0, 0.1) is 0 Å². The summed E-state index contributed by atoms with van der Waals surface area (Å²) in [6, 6.07) is 56.9. The highest BCUT2D eigenvalue weighted by molar-refractivity contribution is 6.23. The smallest absolute Gasteiger partial charge is 0.164 e. The average Bonchev–Trinajstić information content (AvgIpc) is 3.56. The van der Waals surface area contributed by atoms with Crippen LogP contribution in [0.1, 0.15) is 0 Å². The molecule has 4 heteroatoms. The fourth-order valence-electron chi connectivity index (χ4n) is 7.23. The second kappa shape index (κ2) is 11.0. The predicted octanol–water partition coefficient (Wildman–Crippen LogP) is 11.9. The maximum absolute atomic E-state index is 6.28. The number of nitrogens with zero attached hydrogens (tertiary/aromatic N) is 3. The lowest BCUT2D eigenvalue weighted by Gasteiger charge is -2.14. The highest BCUT2D eigenvalue weighted by atomic mass is 16.3. The van der Waals surface area contributed by atoms with Crippen molar-refractivity contribution in [3.05, 3.63) is 164 Å². The Morgan fingerprint density at radius 3 is 1.80 bits per heavy atom. The van der Waals surface area contributed by atoms with Crippen LogP contribution in [0.4, 0.5) is 0 Å². The van der Waals surface area contributed by atoms with Gasteiger partial charge in [0.05, 0.1) is 0 Å². The van der Waals surface area contributed by atoms with Crippen LogP contribution in [0.2, 0.25) is 0 Å². The lowest BCUT2D eigenvalue weighted by Crippen LogP contribution is -2.01. The number of para-hydroxylation sites is 1. The quantitative estimate of drug-likeness (QED) is 0.183. The molecule has 0 unspecified atom stereocenters. The normalized spacial score (nSPS) is 11.7. The number of aromatic nitrogens is 3. The van der Waals surface area contributed by atoms with Gasteiger partial charge in [-0.3, -0.25) is 0 Å². The maximum atomic E-state index is 6.28. The second-order valence-corrected chi connectivity index (χ2v) is 12.4. The Balaban J connectivity index is 1.29. The van der Waals surface area contributed by atoms with E-state index in [1.807, 2.05) is 36.4 Å². The van der Waals surface area contributed by atoms with Crippen molar-refractivity contribution < 1.29 is 4.42 Å². The van der Waals surface area contributed by atoms with Crippen LogP contribution < -0.4 is 0 Å². The molecule has 0 atom stereocenters. The van der Waals surface area contributed by atoms with Gasteiger partial charge in [0, 0.05) is 27.5 Å². The molecule has 2 aromatic heterocycles. The summed E-state index contributed by atoms with van der Waals surface area (Å²) in [5, 5.41) is 9.08. The summed E-state index contributed by atoms with van der Waals surface area (Å²) in [4.78, 5) is 15.7. The van der Waals surface area contributed by atoms with Gasteiger partial charge in [0.2, 0.25) is 0 Å². The van der Waals surface area contributed by atoms with Crippen molar-refractivity contribution in [2.75, 3.05) is 0 Å². The molecule has 10 aromatic rings. The van der Waals surface area contributed by atoms with E-state index in [9.17, 15) is 0 Å². The van der Waals surface area contributed by atoms with Crippen molar-refractivity contribution in [2.45, 2.75) is 0 Å². The molecule has 0 N–H and O–H groups in total. The molecule has 0 spiro atoms. The van der Waals surface area contributed by atoms with E-state index < -0.39 is 0 Å². The lowest BCUT2D eigenvalue weighted by molar-refractivity contribution is 0.669. The zero-order valence-electron chi connectivity index (χ0n) is 26.3. The number of benzene rings is 8. The lowest BCUT2D eigenvalue weighted by atomic mass is 9.92. The van der Waals surface area contributed by atoms with Crippen molar-refractivity contribution >= 4 is 54.3 Å². The minimum atomic E-state index is 0.601. The van der Waals surface area contributed by atoms with Crippen molar-refractivity contribution in [1.82, 2.24) is 15.0 Å². The second-order valence-electron chi connectivity index (χ2n) is 12.4. The molecule has 4 nitrogen and oxygen atoms in total. The van der Waals surface area contributed by atoms with Gasteiger partial charge < -0.3 is 4.42 Å². The molecular weight excluding hydrogens is 599 g/mol. The molecule has 0 radical (unpaired) electrons. The van der Waals surface area contributed by atoms with Crippen LogP contribution in [-0.2, 0) is 0 Å². The Morgan fingerprint density at radius 2 is 0.939 bits per heavy atom. The molecule has 0 fully saturated rings. The molecule has 0 bridgehead atoms. The summed E-state index contributed by atoms with van der Waals surface area (Å²) < 4.78 is 6.28. The number of fused-ring (bicyclic) bond motifs is 8. The molecule has 8 aromatic carbocycles. The molecular formula is C45H27N3O. The fraction of sp³-hybridized carbons (Fsp3) is 0. The average molecular weight is 626 g/mol. The summed E-state index contributed by atoms with van der Waals surface area (Å²) in [6.45, 7) is 0. The van der Waals surface area contributed by atoms with Gasteiger partial charge in [-0.15, -0.1) is 0 Å². The van der Waals surface area contributed by atoms with Crippen molar-refractivity contribution in [3.8, 4) is 45.3 Å². The molecule has 0 aliphatic rings. The zero-order chi connectivity index (χ0) is 32.3. The van der Waals surface area contributed by atoms with Gasteiger partial charge in [0.1, 0.15) is 11.2 Å².